The molecule has 0 heterocycles. The van der Waals surface area contributed by atoms with E-state index in [1.807, 2.05) is 6.07 Å². The molecule has 0 amide bonds. The predicted octanol–water partition coefficient (Wildman–Crippen LogP) is 2.74. The minimum Gasteiger partial charge on any atom is -0.462 e. The van der Waals surface area contributed by atoms with Crippen molar-refractivity contribution < 1.29 is 19.1 Å². The highest BCUT2D eigenvalue weighted by molar-refractivity contribution is 6.05. The van der Waals surface area contributed by atoms with Gasteiger partial charge in [-0.15, -0.1) is 6.58 Å². The van der Waals surface area contributed by atoms with Crippen LogP contribution in [0, 0.1) is 11.3 Å². The molecule has 0 aliphatic heterocycles. The van der Waals surface area contributed by atoms with Crippen LogP contribution in [0.1, 0.15) is 20.3 Å². The normalized spacial score (nSPS) is 24.1. The number of esters is 2. The summed E-state index contributed by atoms with van der Waals surface area (Å²) in [5.41, 5.74) is -1.22. The van der Waals surface area contributed by atoms with Crippen LogP contribution in [-0.4, -0.2) is 18.0 Å². The fourth-order valence-corrected chi connectivity index (χ4v) is 2.13. The lowest BCUT2D eigenvalue weighted by molar-refractivity contribution is -0.163. The van der Waals surface area contributed by atoms with Crippen LogP contribution >= 0.6 is 0 Å². The molecule has 1 aliphatic rings. The topological polar surface area (TPSA) is 52.6 Å². The van der Waals surface area contributed by atoms with E-state index < -0.39 is 17.4 Å². The van der Waals surface area contributed by atoms with Crippen LogP contribution in [0.2, 0.25) is 0 Å². The zero-order valence-electron chi connectivity index (χ0n) is 11.7. The van der Waals surface area contributed by atoms with Gasteiger partial charge in [0.1, 0.15) is 5.75 Å². The Balaban J connectivity index is 2.15. The molecule has 0 N–H and O–H groups in total. The number of allylic oxidation sites excluding steroid dienone is 1. The Hall–Kier alpha value is -2.10. The van der Waals surface area contributed by atoms with Gasteiger partial charge in [0.2, 0.25) is 0 Å². The highest BCUT2D eigenvalue weighted by Crippen LogP contribution is 2.55. The minimum atomic E-state index is -1.22. The molecule has 1 fully saturated rings. The fourth-order valence-electron chi connectivity index (χ4n) is 2.13. The molecular formula is C16H18O4. The van der Waals surface area contributed by atoms with E-state index in [1.54, 1.807) is 44.2 Å². The van der Waals surface area contributed by atoms with Gasteiger partial charge < -0.3 is 9.47 Å². The molecule has 1 aromatic rings. The molecule has 0 radical (unpaired) electrons. The molecule has 0 aromatic heterocycles. The average Bonchev–Trinajstić information content (AvgIpc) is 3.15. The van der Waals surface area contributed by atoms with Gasteiger partial charge in [-0.05, 0) is 32.4 Å². The van der Waals surface area contributed by atoms with Crippen LogP contribution in [0.15, 0.2) is 43.0 Å². The van der Waals surface area contributed by atoms with E-state index in [0.29, 0.717) is 12.2 Å². The van der Waals surface area contributed by atoms with E-state index in [9.17, 15) is 9.59 Å². The van der Waals surface area contributed by atoms with Crippen molar-refractivity contribution in [1.29, 1.82) is 0 Å². The largest absolute Gasteiger partial charge is 0.462 e. The van der Waals surface area contributed by atoms with Gasteiger partial charge in [0, 0.05) is 5.92 Å². The quantitative estimate of drug-likeness (QED) is 0.358. The van der Waals surface area contributed by atoms with Crippen molar-refractivity contribution in [3.8, 4) is 5.75 Å². The van der Waals surface area contributed by atoms with E-state index in [2.05, 4.69) is 6.58 Å². The third-order valence-electron chi connectivity index (χ3n) is 3.32. The van der Waals surface area contributed by atoms with Crippen molar-refractivity contribution >= 4 is 11.9 Å². The molecule has 0 saturated heterocycles. The third-order valence-corrected chi connectivity index (χ3v) is 3.32. The van der Waals surface area contributed by atoms with Gasteiger partial charge in [0.05, 0.1) is 6.10 Å². The molecule has 1 saturated carbocycles. The lowest BCUT2D eigenvalue weighted by Gasteiger charge is -2.16. The summed E-state index contributed by atoms with van der Waals surface area (Å²) < 4.78 is 10.5. The van der Waals surface area contributed by atoms with Crippen LogP contribution < -0.4 is 4.74 Å². The molecule has 2 unspecified atom stereocenters. The Morgan fingerprint density at radius 2 is 1.95 bits per heavy atom. The van der Waals surface area contributed by atoms with Gasteiger partial charge in [-0.25, -0.2) is 0 Å². The minimum absolute atomic E-state index is 0.218. The van der Waals surface area contributed by atoms with Crippen LogP contribution in [-0.2, 0) is 14.3 Å². The van der Waals surface area contributed by atoms with Crippen molar-refractivity contribution in [3.05, 3.63) is 43.0 Å². The van der Waals surface area contributed by atoms with Crippen molar-refractivity contribution in [3.63, 3.8) is 0 Å². The van der Waals surface area contributed by atoms with E-state index in [4.69, 9.17) is 9.47 Å². The Morgan fingerprint density at radius 3 is 2.45 bits per heavy atom. The van der Waals surface area contributed by atoms with Gasteiger partial charge in [-0.3, -0.25) is 9.59 Å². The molecule has 2 atom stereocenters. The Morgan fingerprint density at radius 1 is 1.30 bits per heavy atom. The number of rotatable bonds is 5. The van der Waals surface area contributed by atoms with Crippen LogP contribution in [0.5, 0.6) is 5.75 Å². The molecule has 4 heteroatoms. The maximum absolute atomic E-state index is 12.3. The first kappa shape index (κ1) is 14.3. The van der Waals surface area contributed by atoms with Crippen molar-refractivity contribution in [2.45, 2.75) is 26.4 Å². The summed E-state index contributed by atoms with van der Waals surface area (Å²) in [6.07, 6.45) is 1.73. The van der Waals surface area contributed by atoms with Crippen LogP contribution in [0.25, 0.3) is 0 Å². The summed E-state index contributed by atoms with van der Waals surface area (Å²) in [6, 6.07) is 8.69. The first-order chi connectivity index (χ1) is 9.50. The summed E-state index contributed by atoms with van der Waals surface area (Å²) in [7, 11) is 0. The number of hydrogen-bond acceptors (Lipinski definition) is 4. The van der Waals surface area contributed by atoms with Gasteiger partial charge in [0.15, 0.2) is 5.41 Å². The predicted molar refractivity (Wildman–Crippen MR) is 74.0 cm³/mol. The first-order valence-corrected chi connectivity index (χ1v) is 6.61. The number of para-hydroxylation sites is 1. The van der Waals surface area contributed by atoms with Gasteiger partial charge in [-0.1, -0.05) is 24.3 Å². The standard InChI is InChI=1S/C16H18O4/c1-4-12-10-16(12,14(17)19-11(2)3)15(18)20-13-8-6-5-7-9-13/h4-9,11-12H,1,10H2,2-3H3. The molecule has 0 spiro atoms. The molecule has 106 valence electrons. The molecule has 1 aromatic carbocycles. The summed E-state index contributed by atoms with van der Waals surface area (Å²) in [6.45, 7) is 7.15. The Kier molecular flexibility index (Phi) is 3.93. The highest BCUT2D eigenvalue weighted by atomic mass is 16.6. The van der Waals surface area contributed by atoms with Crippen molar-refractivity contribution in [2.24, 2.45) is 11.3 Å². The number of hydrogen-bond donors (Lipinski definition) is 0. The first-order valence-electron chi connectivity index (χ1n) is 6.61. The Bertz CT molecular complexity index is 521. The zero-order chi connectivity index (χ0) is 14.8. The molecule has 0 bridgehead atoms. The van der Waals surface area contributed by atoms with Crippen LogP contribution in [0.4, 0.5) is 0 Å². The second kappa shape index (κ2) is 5.49. The van der Waals surface area contributed by atoms with E-state index >= 15 is 0 Å². The van der Waals surface area contributed by atoms with E-state index in [1.165, 1.54) is 0 Å². The lowest BCUT2D eigenvalue weighted by Crippen LogP contribution is -2.34. The molecule has 20 heavy (non-hydrogen) atoms. The lowest BCUT2D eigenvalue weighted by atomic mass is 10.0. The average molecular weight is 274 g/mol. The number of benzene rings is 1. The zero-order valence-corrected chi connectivity index (χ0v) is 11.7. The van der Waals surface area contributed by atoms with Crippen molar-refractivity contribution in [2.75, 3.05) is 0 Å². The fraction of sp³-hybridized carbons (Fsp3) is 0.375. The summed E-state index contributed by atoms with van der Waals surface area (Å²) in [5, 5.41) is 0. The highest BCUT2D eigenvalue weighted by Gasteiger charge is 2.67. The number of carbonyl (C=O) groups excluding carboxylic acids is 2. The van der Waals surface area contributed by atoms with Crippen molar-refractivity contribution in [1.82, 2.24) is 0 Å². The summed E-state index contributed by atoms with van der Waals surface area (Å²) >= 11 is 0. The van der Waals surface area contributed by atoms with Gasteiger partial charge in [0.25, 0.3) is 0 Å². The van der Waals surface area contributed by atoms with Gasteiger partial charge in [-0.2, -0.15) is 0 Å². The summed E-state index contributed by atoms with van der Waals surface area (Å²) in [4.78, 5) is 24.5. The maximum atomic E-state index is 12.3. The molecule has 4 nitrogen and oxygen atoms in total. The van der Waals surface area contributed by atoms with E-state index in [0.717, 1.165) is 0 Å². The monoisotopic (exact) mass is 274 g/mol. The smallest absolute Gasteiger partial charge is 0.329 e. The summed E-state index contributed by atoms with van der Waals surface area (Å²) in [5.74, 6) is -0.897. The number of carbonyl (C=O) groups is 2. The molecular weight excluding hydrogens is 256 g/mol. The van der Waals surface area contributed by atoms with Crippen LogP contribution in [0.3, 0.4) is 0 Å². The molecule has 1 aliphatic carbocycles. The second-order valence-electron chi connectivity index (χ2n) is 5.17. The second-order valence-corrected chi connectivity index (χ2v) is 5.17. The van der Waals surface area contributed by atoms with E-state index in [-0.39, 0.29) is 12.0 Å². The third kappa shape index (κ3) is 2.59. The van der Waals surface area contributed by atoms with Gasteiger partial charge >= 0.3 is 11.9 Å². The molecule has 2 rings (SSSR count). The Labute approximate surface area is 118 Å². The maximum Gasteiger partial charge on any atom is 0.329 e. The number of ether oxygens (including phenoxy) is 2. The SMILES string of the molecule is C=CC1CC1(C(=O)Oc1ccccc1)C(=O)OC(C)C.